The summed E-state index contributed by atoms with van der Waals surface area (Å²) in [5, 5.41) is 11.5. The first-order valence-electron chi connectivity index (χ1n) is 8.16. The molecular formula is C16H21N5O4. The summed E-state index contributed by atoms with van der Waals surface area (Å²) in [7, 11) is 1.67. The lowest BCUT2D eigenvalue weighted by molar-refractivity contribution is -0.385. The summed E-state index contributed by atoms with van der Waals surface area (Å²) >= 11 is 0. The number of ether oxygens (including phenoxy) is 1. The summed E-state index contributed by atoms with van der Waals surface area (Å²) in [6.45, 7) is 5.34. The van der Waals surface area contributed by atoms with Gasteiger partial charge in [0, 0.05) is 45.5 Å². The number of pyridine rings is 1. The molecule has 0 saturated carbocycles. The van der Waals surface area contributed by atoms with E-state index in [-0.39, 0.29) is 11.9 Å². The summed E-state index contributed by atoms with van der Waals surface area (Å²) < 4.78 is 6.39. The molecule has 134 valence electrons. The average Bonchev–Trinajstić information content (AvgIpc) is 2.61. The number of nitrogens with zero attached hydrogens (tertiary/aromatic N) is 5. The molecule has 0 aromatic carbocycles. The van der Waals surface area contributed by atoms with Crippen molar-refractivity contribution in [3.8, 4) is 0 Å². The SMILES string of the molecule is COC[C@@H](C)N1CCN(c2nc3ccccn3c(=O)c2[N+](=O)[O-])CC1. The van der Waals surface area contributed by atoms with Gasteiger partial charge in [-0.15, -0.1) is 0 Å². The van der Waals surface area contributed by atoms with E-state index in [4.69, 9.17) is 4.74 Å². The summed E-state index contributed by atoms with van der Waals surface area (Å²) in [5.74, 6) is 0.153. The molecule has 0 N–H and O–H groups in total. The molecule has 0 unspecified atom stereocenters. The molecule has 1 aliphatic rings. The molecule has 1 aliphatic heterocycles. The maximum absolute atomic E-state index is 12.5. The maximum Gasteiger partial charge on any atom is 0.376 e. The van der Waals surface area contributed by atoms with Crippen LogP contribution in [0.1, 0.15) is 6.92 Å². The highest BCUT2D eigenvalue weighted by Gasteiger charge is 2.30. The predicted molar refractivity (Wildman–Crippen MR) is 93.2 cm³/mol. The van der Waals surface area contributed by atoms with Crippen molar-refractivity contribution in [1.29, 1.82) is 0 Å². The number of hydrogen-bond acceptors (Lipinski definition) is 7. The fourth-order valence-electron chi connectivity index (χ4n) is 3.17. The van der Waals surface area contributed by atoms with Crippen LogP contribution in [0.4, 0.5) is 11.5 Å². The third kappa shape index (κ3) is 3.33. The fourth-order valence-corrected chi connectivity index (χ4v) is 3.17. The maximum atomic E-state index is 12.5. The first kappa shape index (κ1) is 17.3. The molecule has 3 rings (SSSR count). The van der Waals surface area contributed by atoms with Crippen LogP contribution in [-0.4, -0.2) is 65.1 Å². The minimum atomic E-state index is -0.652. The number of piperazine rings is 1. The number of methoxy groups -OCH3 is 1. The van der Waals surface area contributed by atoms with Crippen LogP contribution in [0.2, 0.25) is 0 Å². The lowest BCUT2D eigenvalue weighted by Crippen LogP contribution is -2.51. The quantitative estimate of drug-likeness (QED) is 0.582. The van der Waals surface area contributed by atoms with Gasteiger partial charge in [-0.3, -0.25) is 24.2 Å². The van der Waals surface area contributed by atoms with Crippen molar-refractivity contribution in [2.45, 2.75) is 13.0 Å². The minimum absolute atomic E-state index is 0.153. The van der Waals surface area contributed by atoms with Crippen molar-refractivity contribution in [1.82, 2.24) is 14.3 Å². The topological polar surface area (TPSA) is 93.2 Å². The summed E-state index contributed by atoms with van der Waals surface area (Å²) in [4.78, 5) is 31.8. The lowest BCUT2D eigenvalue weighted by atomic mass is 10.2. The van der Waals surface area contributed by atoms with Crippen molar-refractivity contribution in [2.75, 3.05) is 44.8 Å². The third-order valence-electron chi connectivity index (χ3n) is 4.52. The number of fused-ring (bicyclic) bond motifs is 1. The Bertz CT molecular complexity index is 829. The molecule has 0 spiro atoms. The Balaban J connectivity index is 1.93. The van der Waals surface area contributed by atoms with Crippen LogP contribution in [0.15, 0.2) is 29.2 Å². The molecule has 9 nitrogen and oxygen atoms in total. The molecule has 25 heavy (non-hydrogen) atoms. The molecule has 1 fully saturated rings. The second kappa shape index (κ2) is 7.16. The first-order chi connectivity index (χ1) is 12.0. The number of nitro groups is 1. The van der Waals surface area contributed by atoms with Gasteiger partial charge in [0.25, 0.3) is 0 Å². The summed E-state index contributed by atoms with van der Waals surface area (Å²) in [5.41, 5.74) is -0.717. The minimum Gasteiger partial charge on any atom is -0.383 e. The van der Waals surface area contributed by atoms with Gasteiger partial charge >= 0.3 is 11.2 Å². The van der Waals surface area contributed by atoms with Crippen molar-refractivity contribution in [3.63, 3.8) is 0 Å². The van der Waals surface area contributed by atoms with E-state index in [1.165, 1.54) is 10.6 Å². The molecule has 1 saturated heterocycles. The van der Waals surface area contributed by atoms with E-state index in [0.717, 1.165) is 13.1 Å². The van der Waals surface area contributed by atoms with E-state index in [2.05, 4.69) is 16.8 Å². The van der Waals surface area contributed by atoms with Gasteiger partial charge in [0.1, 0.15) is 5.65 Å². The molecule has 2 aromatic heterocycles. The van der Waals surface area contributed by atoms with Crippen LogP contribution < -0.4 is 10.5 Å². The lowest BCUT2D eigenvalue weighted by Gasteiger charge is -2.38. The van der Waals surface area contributed by atoms with E-state index >= 15 is 0 Å². The molecule has 0 bridgehead atoms. The summed E-state index contributed by atoms with van der Waals surface area (Å²) in [6, 6.07) is 5.35. The van der Waals surface area contributed by atoms with Gasteiger partial charge in [-0.05, 0) is 19.1 Å². The van der Waals surface area contributed by atoms with E-state index in [0.29, 0.717) is 25.3 Å². The zero-order valence-corrected chi connectivity index (χ0v) is 14.3. The van der Waals surface area contributed by atoms with Crippen LogP contribution in [-0.2, 0) is 4.74 Å². The van der Waals surface area contributed by atoms with Crippen LogP contribution in [0.5, 0.6) is 0 Å². The first-order valence-corrected chi connectivity index (χ1v) is 8.16. The molecule has 1 atom stereocenters. The monoisotopic (exact) mass is 347 g/mol. The van der Waals surface area contributed by atoms with Crippen molar-refractivity contribution in [3.05, 3.63) is 44.9 Å². The zero-order valence-electron chi connectivity index (χ0n) is 14.3. The largest absolute Gasteiger partial charge is 0.383 e. The van der Waals surface area contributed by atoms with E-state index in [9.17, 15) is 14.9 Å². The highest BCUT2D eigenvalue weighted by molar-refractivity contribution is 5.61. The highest BCUT2D eigenvalue weighted by atomic mass is 16.6. The van der Waals surface area contributed by atoms with Gasteiger partial charge < -0.3 is 9.64 Å². The van der Waals surface area contributed by atoms with E-state index in [1.807, 2.05) is 4.90 Å². The molecule has 0 amide bonds. The van der Waals surface area contributed by atoms with Crippen molar-refractivity contribution < 1.29 is 9.66 Å². The Kier molecular flexibility index (Phi) is 4.95. The molecule has 0 radical (unpaired) electrons. The fraction of sp³-hybridized carbons (Fsp3) is 0.500. The van der Waals surface area contributed by atoms with Gasteiger partial charge in [-0.2, -0.15) is 0 Å². The van der Waals surface area contributed by atoms with Crippen molar-refractivity contribution in [2.24, 2.45) is 0 Å². The standard InChI is InChI=1S/C16H21N5O4/c1-12(11-25-2)18-7-9-19(10-8-18)15-14(21(23)24)16(22)20-6-4-3-5-13(20)17-15/h3-6,12H,7-11H2,1-2H3/t12-/m1/s1. The third-order valence-corrected chi connectivity index (χ3v) is 4.52. The average molecular weight is 347 g/mol. The molecular weight excluding hydrogens is 326 g/mol. The molecule has 3 heterocycles. The van der Waals surface area contributed by atoms with Gasteiger partial charge in [0.05, 0.1) is 11.5 Å². The van der Waals surface area contributed by atoms with Crippen LogP contribution in [0.3, 0.4) is 0 Å². The summed E-state index contributed by atoms with van der Waals surface area (Å²) in [6.07, 6.45) is 1.49. The number of hydrogen-bond donors (Lipinski definition) is 0. The number of rotatable bonds is 5. The smallest absolute Gasteiger partial charge is 0.376 e. The van der Waals surface area contributed by atoms with Crippen LogP contribution in [0.25, 0.3) is 5.65 Å². The molecule has 2 aromatic rings. The van der Waals surface area contributed by atoms with Gasteiger partial charge in [0.15, 0.2) is 0 Å². The van der Waals surface area contributed by atoms with E-state index in [1.54, 1.807) is 25.3 Å². The Morgan fingerprint density at radius 1 is 1.32 bits per heavy atom. The van der Waals surface area contributed by atoms with Gasteiger partial charge in [0.2, 0.25) is 5.82 Å². The van der Waals surface area contributed by atoms with E-state index < -0.39 is 16.2 Å². The second-order valence-electron chi connectivity index (χ2n) is 6.10. The van der Waals surface area contributed by atoms with Crippen LogP contribution >= 0.6 is 0 Å². The highest BCUT2D eigenvalue weighted by Crippen LogP contribution is 2.24. The molecule has 0 aliphatic carbocycles. The zero-order chi connectivity index (χ0) is 18.0. The normalized spacial score (nSPS) is 17.0. The van der Waals surface area contributed by atoms with Gasteiger partial charge in [-0.25, -0.2) is 4.98 Å². The Labute approximate surface area is 144 Å². The Morgan fingerprint density at radius 2 is 2.04 bits per heavy atom. The Hall–Kier alpha value is -2.52. The van der Waals surface area contributed by atoms with Crippen LogP contribution in [0, 0.1) is 10.1 Å². The second-order valence-corrected chi connectivity index (χ2v) is 6.10. The number of anilines is 1. The number of aromatic nitrogens is 2. The molecule has 9 heteroatoms. The predicted octanol–water partition coefficient (Wildman–Crippen LogP) is 0.760. The Morgan fingerprint density at radius 3 is 2.68 bits per heavy atom. The van der Waals surface area contributed by atoms with Gasteiger partial charge in [-0.1, -0.05) is 6.07 Å². The van der Waals surface area contributed by atoms with Crippen molar-refractivity contribution >= 4 is 17.2 Å².